The number of nitrogens with zero attached hydrogens (tertiary/aromatic N) is 4. The number of aryl methyl sites for hydroxylation is 1. The fourth-order valence-electron chi connectivity index (χ4n) is 8.65. The van der Waals surface area contributed by atoms with Gasteiger partial charge in [-0.05, 0) is 81.5 Å². The van der Waals surface area contributed by atoms with E-state index in [2.05, 4.69) is 26.9 Å². The monoisotopic (exact) mass is 627 g/mol. The third kappa shape index (κ3) is 3.68. The molecule has 2 bridgehead atoms. The van der Waals surface area contributed by atoms with E-state index in [0.29, 0.717) is 51.4 Å². The number of carbonyl (C=O) groups excluding carboxylic acids is 1. The lowest BCUT2D eigenvalue weighted by molar-refractivity contribution is -0.134. The maximum Gasteiger partial charge on any atom is 0.226 e. The first-order valence-corrected chi connectivity index (χ1v) is 16.6. The van der Waals surface area contributed by atoms with Crippen molar-refractivity contribution in [2.75, 3.05) is 6.54 Å². The van der Waals surface area contributed by atoms with E-state index in [-0.39, 0.29) is 34.1 Å². The van der Waals surface area contributed by atoms with E-state index < -0.39 is 11.7 Å². The average molecular weight is 629 g/mol. The van der Waals surface area contributed by atoms with Crippen LogP contribution in [-0.2, 0) is 4.79 Å². The lowest BCUT2D eigenvalue weighted by atomic mass is 9.79. The van der Waals surface area contributed by atoms with Crippen LogP contribution in [-0.4, -0.2) is 39.0 Å². The summed E-state index contributed by atoms with van der Waals surface area (Å²) >= 11 is 13.0. The van der Waals surface area contributed by atoms with Gasteiger partial charge in [-0.1, -0.05) is 35.3 Å². The first-order valence-electron chi connectivity index (χ1n) is 15.8. The molecule has 3 aliphatic heterocycles. The summed E-state index contributed by atoms with van der Waals surface area (Å²) in [5.74, 6) is 0.422. The van der Waals surface area contributed by atoms with E-state index >= 15 is 4.39 Å². The van der Waals surface area contributed by atoms with Crippen molar-refractivity contribution in [3.05, 3.63) is 63.1 Å². The Morgan fingerprint density at radius 3 is 2.68 bits per heavy atom. The molecule has 1 unspecified atom stereocenters. The molecule has 44 heavy (non-hydrogen) atoms. The highest BCUT2D eigenvalue weighted by molar-refractivity contribution is 6.43. The third-order valence-corrected chi connectivity index (χ3v) is 12.0. The van der Waals surface area contributed by atoms with Crippen LogP contribution in [0.2, 0.25) is 10.0 Å². The quantitative estimate of drug-likeness (QED) is 0.245. The number of hydrogen-bond donors (Lipinski definition) is 1. The van der Waals surface area contributed by atoms with E-state index in [9.17, 15) is 10.1 Å². The molecule has 5 heterocycles. The lowest BCUT2D eigenvalue weighted by Crippen LogP contribution is -2.41. The molecule has 6 fully saturated rings. The first-order chi connectivity index (χ1) is 21.3. The highest BCUT2D eigenvalue weighted by atomic mass is 35.5. The molecule has 6 nitrogen and oxygen atoms in total. The number of piperidine rings is 1. The highest BCUT2D eigenvalue weighted by Gasteiger charge is 2.58. The second-order valence-corrected chi connectivity index (χ2v) is 14.5. The van der Waals surface area contributed by atoms with Crippen molar-refractivity contribution in [1.29, 1.82) is 5.26 Å². The molecule has 7 atom stereocenters. The lowest BCUT2D eigenvalue weighted by Gasteiger charge is -2.40. The molecule has 3 saturated carbocycles. The number of nitriles is 1. The van der Waals surface area contributed by atoms with Gasteiger partial charge >= 0.3 is 0 Å². The summed E-state index contributed by atoms with van der Waals surface area (Å²) in [7, 11) is 0. The fraction of sp³-hybridized carbons (Fsp3) is 0.457. The van der Waals surface area contributed by atoms with Crippen molar-refractivity contribution >= 4 is 50.9 Å². The molecule has 3 saturated heterocycles. The summed E-state index contributed by atoms with van der Waals surface area (Å²) < 4.78 is 19.5. The summed E-state index contributed by atoms with van der Waals surface area (Å²) in [4.78, 5) is 20.7. The molecule has 0 radical (unpaired) electrons. The Kier molecular flexibility index (Phi) is 5.81. The summed E-state index contributed by atoms with van der Waals surface area (Å²) in [5, 5.41) is 16.0. The molecule has 0 spiro atoms. The van der Waals surface area contributed by atoms with Crippen molar-refractivity contribution in [3.63, 3.8) is 0 Å². The zero-order valence-electron chi connectivity index (χ0n) is 24.6. The molecule has 224 valence electrons. The molecule has 6 aliphatic rings. The van der Waals surface area contributed by atoms with E-state index in [1.54, 1.807) is 25.1 Å². The molecule has 9 heteroatoms. The van der Waals surface area contributed by atoms with Crippen molar-refractivity contribution in [2.45, 2.75) is 76.0 Å². The molecule has 1 N–H and O–H groups in total. The van der Waals surface area contributed by atoms with Gasteiger partial charge in [-0.15, -0.1) is 0 Å². The summed E-state index contributed by atoms with van der Waals surface area (Å²) in [6.45, 7) is 4.69. The van der Waals surface area contributed by atoms with E-state index in [1.807, 2.05) is 13.0 Å². The minimum atomic E-state index is -0.603. The van der Waals surface area contributed by atoms with E-state index in [4.69, 9.17) is 28.2 Å². The zero-order chi connectivity index (χ0) is 30.2. The Morgan fingerprint density at radius 2 is 1.98 bits per heavy atom. The number of likely N-dealkylation sites (tertiary alicyclic amines) is 1. The van der Waals surface area contributed by atoms with Crippen LogP contribution in [0.4, 0.5) is 4.39 Å². The second-order valence-electron chi connectivity index (χ2n) is 13.7. The molecular weight excluding hydrogens is 596 g/mol. The van der Waals surface area contributed by atoms with Crippen LogP contribution in [0.3, 0.4) is 0 Å². The number of halogens is 3. The SMILES string of the molecule is Cc1nc2c(F)c(-c3cccc(Cl)c3Cl)c(C(C)C#N)cc2c2c1cc([C@H]1C[C@H]3C[C@H]3N1C(=O)C1CC1)n2[C@H]1[C@H]2CN[C@@H]1C2. The van der Waals surface area contributed by atoms with Crippen molar-refractivity contribution in [2.24, 2.45) is 17.8 Å². The Labute approximate surface area is 265 Å². The van der Waals surface area contributed by atoms with Crippen LogP contribution in [0.25, 0.3) is 32.9 Å². The van der Waals surface area contributed by atoms with Gasteiger partial charge in [0.2, 0.25) is 5.91 Å². The number of amides is 1. The van der Waals surface area contributed by atoms with Crippen LogP contribution >= 0.6 is 23.2 Å². The van der Waals surface area contributed by atoms with Gasteiger partial charge in [0.05, 0.1) is 39.6 Å². The zero-order valence-corrected chi connectivity index (χ0v) is 26.1. The standard InChI is InChI=1S/C35H32Cl2FN5O/c1-15(13-39)21-11-23-32(31(38)29(21)20-4-3-5-24(36)30(20)37)41-16(2)22-12-28(43(34(22)23)33-19-8-25(33)40-14-19)27-10-18-9-26(18)42(27)35(44)17-6-7-17/h3-5,11-12,15,17-19,25-27,33,40H,6-10,14H2,1-2H3/t15?,18-,19-,25-,26-,27-,33+/m1/s1. The number of hydrogen-bond acceptors (Lipinski definition) is 4. The Bertz CT molecular complexity index is 1960. The van der Waals surface area contributed by atoms with Crippen molar-refractivity contribution in [3.8, 4) is 17.2 Å². The number of benzene rings is 2. The molecule has 10 rings (SSSR count). The summed E-state index contributed by atoms with van der Waals surface area (Å²) in [5.41, 5.74) is 4.40. The number of carbonyl (C=O) groups is 1. The predicted octanol–water partition coefficient (Wildman–Crippen LogP) is 7.84. The first kappa shape index (κ1) is 27.2. The minimum Gasteiger partial charge on any atom is -0.337 e. The number of rotatable bonds is 5. The van der Waals surface area contributed by atoms with Gasteiger partial charge in [-0.3, -0.25) is 4.79 Å². The van der Waals surface area contributed by atoms with Gasteiger partial charge in [-0.2, -0.15) is 5.26 Å². The highest BCUT2D eigenvalue weighted by Crippen LogP contribution is 2.58. The molecule has 1 amide bonds. The van der Waals surface area contributed by atoms with Crippen molar-refractivity contribution < 1.29 is 9.18 Å². The Hall–Kier alpha value is -3.18. The number of fused-ring (bicyclic) bond motifs is 5. The maximum absolute atomic E-state index is 17.0. The minimum absolute atomic E-state index is 0.0144. The topological polar surface area (TPSA) is 74.0 Å². The van der Waals surface area contributed by atoms with Crippen LogP contribution in [0.1, 0.15) is 74.0 Å². The summed E-state index contributed by atoms with van der Waals surface area (Å²) in [6, 6.07) is 12.6. The van der Waals surface area contributed by atoms with Gasteiger partial charge in [0, 0.05) is 57.8 Å². The van der Waals surface area contributed by atoms with E-state index in [0.717, 1.165) is 60.9 Å². The van der Waals surface area contributed by atoms with Gasteiger partial charge in [0.1, 0.15) is 5.52 Å². The van der Waals surface area contributed by atoms with Gasteiger partial charge < -0.3 is 14.8 Å². The average Bonchev–Trinajstić information content (AvgIpc) is 3.79. The molecule has 4 aromatic rings. The maximum atomic E-state index is 17.0. The largest absolute Gasteiger partial charge is 0.337 e. The number of nitrogens with one attached hydrogen (secondary N) is 1. The van der Waals surface area contributed by atoms with Gasteiger partial charge in [-0.25, -0.2) is 9.37 Å². The van der Waals surface area contributed by atoms with Gasteiger partial charge in [0.15, 0.2) is 5.82 Å². The normalized spacial score (nSPS) is 29.1. The predicted molar refractivity (Wildman–Crippen MR) is 169 cm³/mol. The second kappa shape index (κ2) is 9.42. The Morgan fingerprint density at radius 1 is 1.16 bits per heavy atom. The van der Waals surface area contributed by atoms with Crippen LogP contribution in [0.15, 0.2) is 30.3 Å². The van der Waals surface area contributed by atoms with Crippen LogP contribution < -0.4 is 5.32 Å². The van der Waals surface area contributed by atoms with E-state index in [1.165, 1.54) is 0 Å². The smallest absolute Gasteiger partial charge is 0.226 e. The van der Waals surface area contributed by atoms with Crippen molar-refractivity contribution in [1.82, 2.24) is 19.8 Å². The van der Waals surface area contributed by atoms with Crippen LogP contribution in [0.5, 0.6) is 0 Å². The number of aromatic nitrogens is 2. The van der Waals surface area contributed by atoms with Crippen LogP contribution in [0, 0.1) is 41.8 Å². The molecule has 2 aromatic heterocycles. The summed E-state index contributed by atoms with van der Waals surface area (Å²) in [6.07, 6.45) is 5.18. The number of pyridine rings is 1. The third-order valence-electron chi connectivity index (χ3n) is 11.2. The fourth-order valence-corrected chi connectivity index (χ4v) is 9.04. The van der Waals surface area contributed by atoms with Gasteiger partial charge in [0.25, 0.3) is 0 Å². The molecular formula is C35H32Cl2FN5O. The molecule has 3 aliphatic carbocycles. The molecule has 2 aromatic carbocycles. The Balaban J connectivity index is 1.34.